The molecule has 1 aromatic heterocycles. The topological polar surface area (TPSA) is 50.3 Å². The maximum absolute atomic E-state index is 6.21. The van der Waals surface area contributed by atoms with Gasteiger partial charge in [-0.2, -0.15) is 5.10 Å². The molecule has 1 saturated heterocycles. The van der Waals surface area contributed by atoms with Crippen molar-refractivity contribution < 1.29 is 0 Å². The SMILES string of the molecule is CCc1nn(C)c(N(C)CC2CCN(C)CC2)c1N. The lowest BCUT2D eigenvalue weighted by Gasteiger charge is -2.32. The zero-order valence-corrected chi connectivity index (χ0v) is 12.7. The molecule has 2 rings (SSSR count). The number of anilines is 2. The van der Waals surface area contributed by atoms with Crippen molar-refractivity contribution in [2.45, 2.75) is 26.2 Å². The molecular formula is C14H27N5. The van der Waals surface area contributed by atoms with Crippen LogP contribution in [0.15, 0.2) is 0 Å². The van der Waals surface area contributed by atoms with Gasteiger partial charge in [-0.25, -0.2) is 0 Å². The van der Waals surface area contributed by atoms with E-state index in [9.17, 15) is 0 Å². The van der Waals surface area contributed by atoms with Gasteiger partial charge < -0.3 is 15.5 Å². The quantitative estimate of drug-likeness (QED) is 0.892. The largest absolute Gasteiger partial charge is 0.394 e. The Kier molecular flexibility index (Phi) is 4.34. The molecule has 0 saturated carbocycles. The molecule has 0 atom stereocenters. The Bertz CT molecular complexity index is 418. The van der Waals surface area contributed by atoms with Crippen LogP contribution in [0.2, 0.25) is 0 Å². The highest BCUT2D eigenvalue weighted by atomic mass is 15.4. The Hall–Kier alpha value is -1.23. The van der Waals surface area contributed by atoms with Crippen LogP contribution in [0.25, 0.3) is 0 Å². The molecule has 0 aromatic carbocycles. The molecule has 2 N–H and O–H groups in total. The molecule has 1 aliphatic heterocycles. The average Bonchev–Trinajstić information content (AvgIpc) is 2.67. The van der Waals surface area contributed by atoms with E-state index in [0.717, 1.165) is 36.1 Å². The van der Waals surface area contributed by atoms with Crippen molar-refractivity contribution in [3.8, 4) is 0 Å². The second-order valence-corrected chi connectivity index (χ2v) is 5.79. The zero-order valence-electron chi connectivity index (χ0n) is 12.7. The number of nitrogens with two attached hydrogens (primary N) is 1. The highest BCUT2D eigenvalue weighted by molar-refractivity contribution is 5.66. The van der Waals surface area contributed by atoms with Gasteiger partial charge in [-0.05, 0) is 45.3 Å². The summed E-state index contributed by atoms with van der Waals surface area (Å²) in [5, 5.41) is 4.50. The monoisotopic (exact) mass is 265 g/mol. The normalized spacial score (nSPS) is 17.9. The molecular weight excluding hydrogens is 238 g/mol. The lowest BCUT2D eigenvalue weighted by atomic mass is 9.97. The Morgan fingerprint density at radius 1 is 1.32 bits per heavy atom. The smallest absolute Gasteiger partial charge is 0.150 e. The van der Waals surface area contributed by atoms with Gasteiger partial charge in [0.1, 0.15) is 5.82 Å². The number of hydrogen-bond donors (Lipinski definition) is 1. The highest BCUT2D eigenvalue weighted by Gasteiger charge is 2.21. The lowest BCUT2D eigenvalue weighted by molar-refractivity contribution is 0.222. The van der Waals surface area contributed by atoms with Gasteiger partial charge in [-0.1, -0.05) is 6.92 Å². The van der Waals surface area contributed by atoms with Crippen molar-refractivity contribution in [1.29, 1.82) is 0 Å². The predicted molar refractivity (Wildman–Crippen MR) is 80.5 cm³/mol. The number of aromatic nitrogens is 2. The Labute approximate surface area is 116 Å². The molecule has 1 aromatic rings. The van der Waals surface area contributed by atoms with Crippen LogP contribution in [0.1, 0.15) is 25.5 Å². The van der Waals surface area contributed by atoms with E-state index >= 15 is 0 Å². The minimum Gasteiger partial charge on any atom is -0.394 e. The van der Waals surface area contributed by atoms with Crippen molar-refractivity contribution in [2.75, 3.05) is 44.4 Å². The predicted octanol–water partition coefficient (Wildman–Crippen LogP) is 1.34. The first kappa shape index (κ1) is 14.2. The summed E-state index contributed by atoms with van der Waals surface area (Å²) in [7, 11) is 6.31. The fourth-order valence-electron chi connectivity index (χ4n) is 3.02. The molecule has 19 heavy (non-hydrogen) atoms. The Balaban J connectivity index is 2.03. The molecule has 5 nitrogen and oxygen atoms in total. The summed E-state index contributed by atoms with van der Waals surface area (Å²) in [5.41, 5.74) is 8.06. The van der Waals surface area contributed by atoms with Crippen LogP contribution >= 0.6 is 0 Å². The fourth-order valence-corrected chi connectivity index (χ4v) is 3.02. The van der Waals surface area contributed by atoms with Gasteiger partial charge in [-0.3, -0.25) is 4.68 Å². The van der Waals surface area contributed by atoms with Gasteiger partial charge in [-0.15, -0.1) is 0 Å². The number of likely N-dealkylation sites (tertiary alicyclic amines) is 1. The van der Waals surface area contributed by atoms with Gasteiger partial charge in [0.15, 0.2) is 0 Å². The van der Waals surface area contributed by atoms with E-state index < -0.39 is 0 Å². The summed E-state index contributed by atoms with van der Waals surface area (Å²) in [6.45, 7) is 5.58. The molecule has 108 valence electrons. The summed E-state index contributed by atoms with van der Waals surface area (Å²) < 4.78 is 1.92. The summed E-state index contributed by atoms with van der Waals surface area (Å²) in [6.07, 6.45) is 3.44. The number of hydrogen-bond acceptors (Lipinski definition) is 4. The molecule has 1 aliphatic rings. The van der Waals surface area contributed by atoms with Crippen LogP contribution in [0, 0.1) is 5.92 Å². The van der Waals surface area contributed by atoms with Crippen LogP contribution in [0.3, 0.4) is 0 Å². The standard InChI is InChI=1S/C14H27N5/c1-5-12-13(15)14(19(4)16-12)18(3)10-11-6-8-17(2)9-7-11/h11H,5-10,15H2,1-4H3. The molecule has 0 unspecified atom stereocenters. The van der Waals surface area contributed by atoms with Crippen molar-refractivity contribution >= 4 is 11.5 Å². The van der Waals surface area contributed by atoms with E-state index in [1.54, 1.807) is 0 Å². The van der Waals surface area contributed by atoms with Crippen LogP contribution in [-0.2, 0) is 13.5 Å². The van der Waals surface area contributed by atoms with Gasteiger partial charge in [0.05, 0.1) is 11.4 Å². The summed E-state index contributed by atoms with van der Waals surface area (Å²) in [5.74, 6) is 1.83. The minimum atomic E-state index is 0.764. The maximum Gasteiger partial charge on any atom is 0.150 e. The Morgan fingerprint density at radius 2 is 1.95 bits per heavy atom. The van der Waals surface area contributed by atoms with E-state index in [0.29, 0.717) is 0 Å². The van der Waals surface area contributed by atoms with Crippen LogP contribution in [-0.4, -0.2) is 48.4 Å². The molecule has 0 aliphatic carbocycles. The van der Waals surface area contributed by atoms with Crippen molar-refractivity contribution in [2.24, 2.45) is 13.0 Å². The molecule has 0 radical (unpaired) electrons. The number of piperidine rings is 1. The zero-order chi connectivity index (χ0) is 14.0. The van der Waals surface area contributed by atoms with E-state index in [4.69, 9.17) is 5.73 Å². The number of rotatable bonds is 4. The van der Waals surface area contributed by atoms with Gasteiger partial charge in [0, 0.05) is 20.6 Å². The van der Waals surface area contributed by atoms with Crippen LogP contribution in [0.5, 0.6) is 0 Å². The molecule has 0 amide bonds. The molecule has 0 bridgehead atoms. The third kappa shape index (κ3) is 3.03. The van der Waals surface area contributed by atoms with Crippen molar-refractivity contribution in [3.05, 3.63) is 5.69 Å². The summed E-state index contributed by atoms with van der Waals surface area (Å²) in [4.78, 5) is 4.68. The van der Waals surface area contributed by atoms with E-state index in [1.165, 1.54) is 25.9 Å². The minimum absolute atomic E-state index is 0.764. The van der Waals surface area contributed by atoms with Crippen LogP contribution in [0.4, 0.5) is 11.5 Å². The first-order chi connectivity index (χ1) is 9.02. The lowest BCUT2D eigenvalue weighted by Crippen LogP contribution is -2.36. The van der Waals surface area contributed by atoms with E-state index in [2.05, 4.69) is 35.9 Å². The summed E-state index contributed by atoms with van der Waals surface area (Å²) >= 11 is 0. The van der Waals surface area contributed by atoms with E-state index in [-0.39, 0.29) is 0 Å². The third-order valence-electron chi connectivity index (χ3n) is 4.20. The number of nitrogen functional groups attached to an aromatic ring is 1. The van der Waals surface area contributed by atoms with Crippen LogP contribution < -0.4 is 10.6 Å². The highest BCUT2D eigenvalue weighted by Crippen LogP contribution is 2.27. The second-order valence-electron chi connectivity index (χ2n) is 5.79. The van der Waals surface area contributed by atoms with E-state index in [1.807, 2.05) is 11.7 Å². The van der Waals surface area contributed by atoms with Crippen molar-refractivity contribution in [3.63, 3.8) is 0 Å². The number of nitrogens with zero attached hydrogens (tertiary/aromatic N) is 4. The first-order valence-electron chi connectivity index (χ1n) is 7.24. The van der Waals surface area contributed by atoms with Gasteiger partial charge in [0.25, 0.3) is 0 Å². The summed E-state index contributed by atoms with van der Waals surface area (Å²) in [6, 6.07) is 0. The fraction of sp³-hybridized carbons (Fsp3) is 0.786. The number of aryl methyl sites for hydroxylation is 2. The average molecular weight is 265 g/mol. The molecule has 1 fully saturated rings. The Morgan fingerprint density at radius 3 is 2.47 bits per heavy atom. The van der Waals surface area contributed by atoms with Gasteiger partial charge in [0.2, 0.25) is 0 Å². The molecule has 5 heteroatoms. The maximum atomic E-state index is 6.21. The second kappa shape index (κ2) is 5.82. The third-order valence-corrected chi connectivity index (χ3v) is 4.20. The molecule has 2 heterocycles. The first-order valence-corrected chi connectivity index (χ1v) is 7.24. The van der Waals surface area contributed by atoms with Gasteiger partial charge >= 0.3 is 0 Å². The van der Waals surface area contributed by atoms with Crippen molar-refractivity contribution in [1.82, 2.24) is 14.7 Å². The molecule has 0 spiro atoms.